The maximum atomic E-state index is 12.5. The van der Waals surface area contributed by atoms with Crippen molar-refractivity contribution in [1.29, 1.82) is 0 Å². The topological polar surface area (TPSA) is 61.5 Å². The average Bonchev–Trinajstić information content (AvgIpc) is 2.94. The molecule has 0 spiro atoms. The van der Waals surface area contributed by atoms with Gasteiger partial charge in [0.1, 0.15) is 0 Å². The number of fused-ring (bicyclic) bond motifs is 1. The molecule has 2 aromatic rings. The maximum Gasteiger partial charge on any atom is 0.254 e. The normalized spacial score (nSPS) is 20.7. The monoisotopic (exact) mass is 286 g/mol. The molecule has 3 heterocycles. The molecule has 4 rings (SSSR count). The Balaban J connectivity index is 1.42. The minimum atomic E-state index is 0.107. The highest BCUT2D eigenvalue weighted by Gasteiger charge is 2.35. The summed E-state index contributed by atoms with van der Waals surface area (Å²) >= 11 is 0. The molecule has 110 valence electrons. The SMILES string of the molecule is O=C(c1ccc2nc[nH]c2c1)N1CC(N2CCOCC2)C1. The fourth-order valence-corrected chi connectivity index (χ4v) is 3.05. The quantitative estimate of drug-likeness (QED) is 0.883. The van der Waals surface area contributed by atoms with Crippen LogP contribution in [0.5, 0.6) is 0 Å². The van der Waals surface area contributed by atoms with Gasteiger partial charge in [0.25, 0.3) is 5.91 Å². The lowest BCUT2D eigenvalue weighted by molar-refractivity contribution is -0.0256. The summed E-state index contributed by atoms with van der Waals surface area (Å²) in [7, 11) is 0. The Labute approximate surface area is 122 Å². The largest absolute Gasteiger partial charge is 0.379 e. The third kappa shape index (κ3) is 2.30. The van der Waals surface area contributed by atoms with Crippen LogP contribution in [-0.2, 0) is 4.74 Å². The van der Waals surface area contributed by atoms with E-state index in [9.17, 15) is 4.79 Å². The van der Waals surface area contributed by atoms with E-state index in [1.54, 1.807) is 6.33 Å². The third-order valence-electron chi connectivity index (χ3n) is 4.38. The number of ether oxygens (including phenoxy) is 1. The highest BCUT2D eigenvalue weighted by molar-refractivity contribution is 5.97. The van der Waals surface area contributed by atoms with E-state index in [0.717, 1.165) is 56.0 Å². The number of benzene rings is 1. The van der Waals surface area contributed by atoms with E-state index in [4.69, 9.17) is 4.74 Å². The van der Waals surface area contributed by atoms with Gasteiger partial charge in [0.15, 0.2) is 0 Å². The Morgan fingerprint density at radius 1 is 1.29 bits per heavy atom. The number of hydrogen-bond donors (Lipinski definition) is 1. The highest BCUT2D eigenvalue weighted by atomic mass is 16.5. The van der Waals surface area contributed by atoms with E-state index in [2.05, 4.69) is 14.9 Å². The molecule has 0 saturated carbocycles. The van der Waals surface area contributed by atoms with E-state index in [1.807, 2.05) is 23.1 Å². The van der Waals surface area contributed by atoms with Crippen molar-refractivity contribution in [3.8, 4) is 0 Å². The van der Waals surface area contributed by atoms with Crippen LogP contribution in [0.15, 0.2) is 24.5 Å². The summed E-state index contributed by atoms with van der Waals surface area (Å²) in [4.78, 5) is 24.0. The number of hydrogen-bond acceptors (Lipinski definition) is 4. The molecule has 2 saturated heterocycles. The number of likely N-dealkylation sites (tertiary alicyclic amines) is 1. The Morgan fingerprint density at radius 2 is 2.10 bits per heavy atom. The molecule has 1 N–H and O–H groups in total. The number of carbonyl (C=O) groups is 1. The van der Waals surface area contributed by atoms with Gasteiger partial charge in [0.2, 0.25) is 0 Å². The van der Waals surface area contributed by atoms with Crippen LogP contribution in [0.1, 0.15) is 10.4 Å². The molecular weight excluding hydrogens is 268 g/mol. The number of carbonyl (C=O) groups excluding carboxylic acids is 1. The fraction of sp³-hybridized carbons (Fsp3) is 0.467. The Kier molecular flexibility index (Phi) is 3.12. The fourth-order valence-electron chi connectivity index (χ4n) is 3.05. The molecule has 2 fully saturated rings. The van der Waals surface area contributed by atoms with Crippen molar-refractivity contribution in [2.75, 3.05) is 39.4 Å². The zero-order valence-corrected chi connectivity index (χ0v) is 11.8. The van der Waals surface area contributed by atoms with E-state index >= 15 is 0 Å². The third-order valence-corrected chi connectivity index (χ3v) is 4.38. The van der Waals surface area contributed by atoms with Crippen LogP contribution in [0, 0.1) is 0 Å². The molecule has 0 atom stereocenters. The van der Waals surface area contributed by atoms with E-state index in [0.29, 0.717) is 6.04 Å². The molecule has 1 aromatic heterocycles. The van der Waals surface area contributed by atoms with Crippen molar-refractivity contribution in [3.63, 3.8) is 0 Å². The number of nitrogens with one attached hydrogen (secondary N) is 1. The molecule has 21 heavy (non-hydrogen) atoms. The molecule has 6 heteroatoms. The molecule has 2 aliphatic heterocycles. The predicted octanol–water partition coefficient (Wildman–Crippen LogP) is 0.719. The lowest BCUT2D eigenvalue weighted by atomic mass is 10.0. The number of morpholine rings is 1. The second-order valence-electron chi connectivity index (χ2n) is 5.65. The molecule has 6 nitrogen and oxygen atoms in total. The smallest absolute Gasteiger partial charge is 0.254 e. The second-order valence-corrected chi connectivity index (χ2v) is 5.65. The van der Waals surface area contributed by atoms with Gasteiger partial charge in [-0.15, -0.1) is 0 Å². The van der Waals surface area contributed by atoms with Crippen molar-refractivity contribution in [3.05, 3.63) is 30.1 Å². The van der Waals surface area contributed by atoms with Gasteiger partial charge in [-0.25, -0.2) is 4.98 Å². The first-order valence-electron chi connectivity index (χ1n) is 7.35. The van der Waals surface area contributed by atoms with Crippen molar-refractivity contribution < 1.29 is 9.53 Å². The highest BCUT2D eigenvalue weighted by Crippen LogP contribution is 2.20. The summed E-state index contributed by atoms with van der Waals surface area (Å²) < 4.78 is 5.36. The summed E-state index contributed by atoms with van der Waals surface area (Å²) in [5.74, 6) is 0.107. The minimum absolute atomic E-state index is 0.107. The first-order chi connectivity index (χ1) is 10.3. The molecular formula is C15H18N4O2. The number of nitrogens with zero attached hydrogens (tertiary/aromatic N) is 3. The lowest BCUT2D eigenvalue weighted by Crippen LogP contribution is -2.62. The number of aromatic nitrogens is 2. The Bertz CT molecular complexity index is 656. The number of H-pyrrole nitrogens is 1. The van der Waals surface area contributed by atoms with E-state index in [-0.39, 0.29) is 5.91 Å². The van der Waals surface area contributed by atoms with Gasteiger partial charge in [-0.3, -0.25) is 9.69 Å². The Hall–Kier alpha value is -1.92. The summed E-state index contributed by atoms with van der Waals surface area (Å²) in [5.41, 5.74) is 2.53. The summed E-state index contributed by atoms with van der Waals surface area (Å²) in [6.07, 6.45) is 1.65. The Morgan fingerprint density at radius 3 is 2.90 bits per heavy atom. The van der Waals surface area contributed by atoms with Crippen molar-refractivity contribution in [1.82, 2.24) is 19.8 Å². The first kappa shape index (κ1) is 12.8. The van der Waals surface area contributed by atoms with Crippen molar-refractivity contribution >= 4 is 16.9 Å². The van der Waals surface area contributed by atoms with Gasteiger partial charge in [0, 0.05) is 37.8 Å². The van der Waals surface area contributed by atoms with Crippen molar-refractivity contribution in [2.24, 2.45) is 0 Å². The van der Waals surface area contributed by atoms with Gasteiger partial charge < -0.3 is 14.6 Å². The molecule has 2 aliphatic rings. The second kappa shape index (κ2) is 5.13. The van der Waals surface area contributed by atoms with Crippen LogP contribution >= 0.6 is 0 Å². The standard InChI is InChI=1S/C15H18N4O2/c20-15(11-1-2-13-14(7-11)17-10-16-13)19-8-12(9-19)18-3-5-21-6-4-18/h1-2,7,10,12H,3-6,8-9H2,(H,16,17). The van der Waals surface area contributed by atoms with Crippen LogP contribution in [0.4, 0.5) is 0 Å². The number of aromatic amines is 1. The maximum absolute atomic E-state index is 12.5. The summed E-state index contributed by atoms with van der Waals surface area (Å²) in [6, 6.07) is 6.12. The molecule has 0 unspecified atom stereocenters. The minimum Gasteiger partial charge on any atom is -0.379 e. The van der Waals surface area contributed by atoms with Gasteiger partial charge in [-0.1, -0.05) is 0 Å². The molecule has 0 aliphatic carbocycles. The molecule has 0 radical (unpaired) electrons. The van der Waals surface area contributed by atoms with Gasteiger partial charge >= 0.3 is 0 Å². The summed E-state index contributed by atoms with van der Waals surface area (Å²) in [5, 5.41) is 0. The lowest BCUT2D eigenvalue weighted by Gasteiger charge is -2.46. The van der Waals surface area contributed by atoms with Crippen LogP contribution in [0.3, 0.4) is 0 Å². The number of imidazole rings is 1. The van der Waals surface area contributed by atoms with E-state index in [1.165, 1.54) is 0 Å². The zero-order valence-electron chi connectivity index (χ0n) is 11.8. The summed E-state index contributed by atoms with van der Waals surface area (Å²) in [6.45, 7) is 5.21. The van der Waals surface area contributed by atoms with Gasteiger partial charge in [-0.2, -0.15) is 0 Å². The predicted molar refractivity (Wildman–Crippen MR) is 78.2 cm³/mol. The van der Waals surface area contributed by atoms with Crippen LogP contribution < -0.4 is 0 Å². The molecule has 1 amide bonds. The number of amides is 1. The van der Waals surface area contributed by atoms with E-state index < -0.39 is 0 Å². The van der Waals surface area contributed by atoms with Crippen LogP contribution in [0.2, 0.25) is 0 Å². The van der Waals surface area contributed by atoms with Crippen LogP contribution in [0.25, 0.3) is 11.0 Å². The van der Waals surface area contributed by atoms with Gasteiger partial charge in [0.05, 0.1) is 30.6 Å². The average molecular weight is 286 g/mol. The van der Waals surface area contributed by atoms with Gasteiger partial charge in [-0.05, 0) is 18.2 Å². The zero-order chi connectivity index (χ0) is 14.2. The molecule has 1 aromatic carbocycles. The number of rotatable bonds is 2. The molecule has 0 bridgehead atoms. The van der Waals surface area contributed by atoms with Crippen molar-refractivity contribution in [2.45, 2.75) is 6.04 Å². The first-order valence-corrected chi connectivity index (χ1v) is 7.35. The van der Waals surface area contributed by atoms with Crippen LogP contribution in [-0.4, -0.2) is 71.1 Å².